The number of carbonyl (C=O) groups is 1. The van der Waals surface area contributed by atoms with Crippen LogP contribution < -0.4 is 14.4 Å². The van der Waals surface area contributed by atoms with Gasteiger partial charge < -0.3 is 15.0 Å². The molecule has 8 heteroatoms. The smallest absolute Gasteiger partial charge is 0.264 e. The molecule has 1 N–H and O–H groups in total. The first-order chi connectivity index (χ1) is 16.8. The zero-order valence-corrected chi connectivity index (χ0v) is 21.1. The Hall–Kier alpha value is -3.36. The molecule has 3 aromatic rings. The van der Waals surface area contributed by atoms with Crippen molar-refractivity contribution in [3.8, 4) is 5.75 Å². The molecule has 0 saturated heterocycles. The summed E-state index contributed by atoms with van der Waals surface area (Å²) in [6.07, 6.45) is 1.61. The van der Waals surface area contributed by atoms with E-state index < -0.39 is 10.0 Å². The van der Waals surface area contributed by atoms with Crippen molar-refractivity contribution in [2.75, 3.05) is 38.6 Å². The van der Waals surface area contributed by atoms with Crippen LogP contribution in [-0.2, 0) is 16.4 Å². The van der Waals surface area contributed by atoms with Gasteiger partial charge >= 0.3 is 0 Å². The molecule has 0 aliphatic carbocycles. The number of amides is 1. The predicted octanol–water partition coefficient (Wildman–Crippen LogP) is 3.87. The SMILES string of the molecule is COc1ccccc1[C@@H](CNC(=O)c1cccc(S(=O)(=O)N2CCCc3ccccc32)c1)N(C)C. The number of benzene rings is 3. The molecule has 7 nitrogen and oxygen atoms in total. The normalized spacial score (nSPS) is 14.3. The molecule has 184 valence electrons. The lowest BCUT2D eigenvalue weighted by Gasteiger charge is -2.30. The molecule has 35 heavy (non-hydrogen) atoms. The Labute approximate surface area is 207 Å². The van der Waals surface area contributed by atoms with E-state index in [9.17, 15) is 13.2 Å². The van der Waals surface area contributed by atoms with Crippen LogP contribution in [0.3, 0.4) is 0 Å². The van der Waals surface area contributed by atoms with Crippen molar-refractivity contribution >= 4 is 21.6 Å². The van der Waals surface area contributed by atoms with E-state index in [2.05, 4.69) is 5.32 Å². The van der Waals surface area contributed by atoms with Crippen molar-refractivity contribution in [3.05, 3.63) is 89.5 Å². The molecule has 0 fully saturated rings. The lowest BCUT2D eigenvalue weighted by Crippen LogP contribution is -2.36. The molecule has 1 aliphatic rings. The number of rotatable bonds is 8. The van der Waals surface area contributed by atoms with Crippen LogP contribution in [0.5, 0.6) is 5.75 Å². The highest BCUT2D eigenvalue weighted by Crippen LogP contribution is 2.32. The first-order valence-corrected chi connectivity index (χ1v) is 13.0. The Morgan fingerprint density at radius 3 is 2.57 bits per heavy atom. The summed E-state index contributed by atoms with van der Waals surface area (Å²) in [5, 5.41) is 2.96. The third-order valence-electron chi connectivity index (χ3n) is 6.33. The number of aryl methyl sites for hydroxylation is 1. The number of hydrogen-bond donors (Lipinski definition) is 1. The number of sulfonamides is 1. The largest absolute Gasteiger partial charge is 0.496 e. The number of carbonyl (C=O) groups excluding carboxylic acids is 1. The predicted molar refractivity (Wildman–Crippen MR) is 137 cm³/mol. The zero-order chi connectivity index (χ0) is 25.0. The fraction of sp³-hybridized carbons (Fsp3) is 0.296. The minimum absolute atomic E-state index is 0.107. The average molecular weight is 494 g/mol. The van der Waals surface area contributed by atoms with Crippen molar-refractivity contribution in [2.24, 2.45) is 0 Å². The summed E-state index contributed by atoms with van der Waals surface area (Å²) < 4.78 is 34.0. The number of fused-ring (bicyclic) bond motifs is 1. The fourth-order valence-electron chi connectivity index (χ4n) is 4.48. The minimum Gasteiger partial charge on any atom is -0.496 e. The lowest BCUT2D eigenvalue weighted by atomic mass is 10.0. The highest BCUT2D eigenvalue weighted by Gasteiger charge is 2.29. The molecular formula is C27H31N3O4S. The highest BCUT2D eigenvalue weighted by molar-refractivity contribution is 7.92. The Kier molecular flexibility index (Phi) is 7.42. The third kappa shape index (κ3) is 5.18. The van der Waals surface area contributed by atoms with E-state index in [1.165, 1.54) is 10.4 Å². The van der Waals surface area contributed by atoms with Crippen molar-refractivity contribution in [3.63, 3.8) is 0 Å². The van der Waals surface area contributed by atoms with Crippen LogP contribution in [0.25, 0.3) is 0 Å². The molecule has 0 unspecified atom stereocenters. The first-order valence-electron chi connectivity index (χ1n) is 11.6. The molecule has 0 radical (unpaired) electrons. The monoisotopic (exact) mass is 493 g/mol. The number of ether oxygens (including phenoxy) is 1. The number of anilines is 1. The summed E-state index contributed by atoms with van der Waals surface area (Å²) in [5.74, 6) is 0.415. The maximum atomic E-state index is 13.5. The summed E-state index contributed by atoms with van der Waals surface area (Å²) in [5.41, 5.74) is 2.98. The van der Waals surface area contributed by atoms with Crippen molar-refractivity contribution in [1.82, 2.24) is 10.2 Å². The Bertz CT molecular complexity index is 1310. The van der Waals surface area contributed by atoms with Crippen LogP contribution in [0.15, 0.2) is 77.7 Å². The third-order valence-corrected chi connectivity index (χ3v) is 8.14. The molecule has 1 heterocycles. The van der Waals surface area contributed by atoms with E-state index in [1.54, 1.807) is 25.3 Å². The Balaban J connectivity index is 1.54. The molecule has 1 aliphatic heterocycles. The van der Waals surface area contributed by atoms with Gasteiger partial charge in [-0.3, -0.25) is 9.10 Å². The van der Waals surface area contributed by atoms with Gasteiger partial charge in [0.05, 0.1) is 23.7 Å². The molecule has 1 atom stereocenters. The number of methoxy groups -OCH3 is 1. The van der Waals surface area contributed by atoms with E-state index in [0.717, 1.165) is 29.7 Å². The number of hydrogen-bond acceptors (Lipinski definition) is 5. The van der Waals surface area contributed by atoms with Crippen molar-refractivity contribution in [2.45, 2.75) is 23.8 Å². The summed E-state index contributed by atoms with van der Waals surface area (Å²) in [6, 6.07) is 21.4. The van der Waals surface area contributed by atoms with Gasteiger partial charge in [0.15, 0.2) is 0 Å². The van der Waals surface area contributed by atoms with Gasteiger partial charge in [-0.25, -0.2) is 8.42 Å². The van der Waals surface area contributed by atoms with Gasteiger partial charge in [-0.2, -0.15) is 0 Å². The van der Waals surface area contributed by atoms with Gasteiger partial charge in [-0.1, -0.05) is 42.5 Å². The Morgan fingerprint density at radius 2 is 1.80 bits per heavy atom. The maximum absolute atomic E-state index is 13.5. The molecule has 3 aromatic carbocycles. The van der Waals surface area contributed by atoms with Crippen LogP contribution in [0.2, 0.25) is 0 Å². The number of nitrogens with zero attached hydrogens (tertiary/aromatic N) is 2. The van der Waals surface area contributed by atoms with Crippen molar-refractivity contribution < 1.29 is 17.9 Å². The van der Waals surface area contributed by atoms with E-state index in [0.29, 0.717) is 24.3 Å². The molecule has 1 amide bonds. The van der Waals surface area contributed by atoms with E-state index >= 15 is 0 Å². The van der Waals surface area contributed by atoms with Crippen LogP contribution in [0.1, 0.15) is 33.9 Å². The van der Waals surface area contributed by atoms with Crippen LogP contribution >= 0.6 is 0 Å². The standard InChI is InChI=1S/C27H31N3O4S/c1-29(2)25(23-14-5-7-16-26(23)34-3)19-28-27(31)21-11-8-13-22(18-21)35(32,33)30-17-9-12-20-10-4-6-15-24(20)30/h4-8,10-11,13-16,18,25H,9,12,17,19H2,1-3H3,(H,28,31)/t25-/m1/s1. The minimum atomic E-state index is -3.80. The van der Waals surface area contributed by atoms with Gasteiger partial charge in [-0.15, -0.1) is 0 Å². The maximum Gasteiger partial charge on any atom is 0.264 e. The molecule has 0 spiro atoms. The first kappa shape index (κ1) is 24.8. The molecule has 4 rings (SSSR count). The highest BCUT2D eigenvalue weighted by atomic mass is 32.2. The Morgan fingerprint density at radius 1 is 1.06 bits per heavy atom. The van der Waals surface area contributed by atoms with Crippen molar-refractivity contribution in [1.29, 1.82) is 0 Å². The van der Waals surface area contributed by atoms with Crippen LogP contribution in [0, 0.1) is 0 Å². The fourth-order valence-corrected chi connectivity index (χ4v) is 6.07. The number of para-hydroxylation sites is 2. The molecule has 0 bridgehead atoms. The van der Waals surface area contributed by atoms with E-state index in [4.69, 9.17) is 4.74 Å². The van der Waals surface area contributed by atoms with Gasteiger partial charge in [0.1, 0.15) is 5.75 Å². The number of nitrogens with one attached hydrogen (secondary N) is 1. The van der Waals surface area contributed by atoms with Gasteiger partial charge in [-0.05, 0) is 62.8 Å². The lowest BCUT2D eigenvalue weighted by molar-refractivity contribution is 0.0941. The van der Waals surface area contributed by atoms with Gasteiger partial charge in [0.25, 0.3) is 15.9 Å². The molecular weight excluding hydrogens is 462 g/mol. The number of likely N-dealkylation sites (N-methyl/N-ethyl adjacent to an activating group) is 1. The zero-order valence-electron chi connectivity index (χ0n) is 20.3. The molecule has 0 aromatic heterocycles. The second kappa shape index (κ2) is 10.5. The van der Waals surface area contributed by atoms with E-state index in [1.807, 2.05) is 67.5 Å². The van der Waals surface area contributed by atoms with Crippen LogP contribution in [-0.4, -0.2) is 53.5 Å². The quantitative estimate of drug-likeness (QED) is 0.515. The van der Waals surface area contributed by atoms with E-state index in [-0.39, 0.29) is 16.8 Å². The summed E-state index contributed by atoms with van der Waals surface area (Å²) in [6.45, 7) is 0.752. The summed E-state index contributed by atoms with van der Waals surface area (Å²) in [7, 11) is 1.70. The van der Waals surface area contributed by atoms with Crippen LogP contribution in [0.4, 0.5) is 5.69 Å². The van der Waals surface area contributed by atoms with Gasteiger partial charge in [0, 0.05) is 24.2 Å². The second-order valence-electron chi connectivity index (χ2n) is 8.77. The second-order valence-corrected chi connectivity index (χ2v) is 10.6. The van der Waals surface area contributed by atoms with Gasteiger partial charge in [0.2, 0.25) is 0 Å². The average Bonchev–Trinajstić information content (AvgIpc) is 2.88. The topological polar surface area (TPSA) is 78.9 Å². The summed E-state index contributed by atoms with van der Waals surface area (Å²) in [4.78, 5) is 15.2. The summed E-state index contributed by atoms with van der Waals surface area (Å²) >= 11 is 0. The molecule has 0 saturated carbocycles.